The number of unbranched alkanes of at least 4 members (excludes halogenated alkanes) is 7. The summed E-state index contributed by atoms with van der Waals surface area (Å²) in [6, 6.07) is 9.16. The number of rotatable bonds is 19. The van der Waals surface area contributed by atoms with Crippen molar-refractivity contribution in [2.24, 2.45) is 23.3 Å². The lowest BCUT2D eigenvalue weighted by atomic mass is 10.0. The number of amides is 1. The van der Waals surface area contributed by atoms with Crippen molar-refractivity contribution >= 4 is 56.3 Å². The van der Waals surface area contributed by atoms with Gasteiger partial charge in [-0.05, 0) is 75.4 Å². The Bertz CT molecular complexity index is 1630. The Balaban J connectivity index is 1.12. The van der Waals surface area contributed by atoms with E-state index in [4.69, 9.17) is 39.4 Å². The number of hydrogen-bond donors (Lipinski definition) is 3. The molecule has 3 fully saturated rings. The highest BCUT2D eigenvalue weighted by Gasteiger charge is 2.46. The van der Waals surface area contributed by atoms with Gasteiger partial charge in [0.1, 0.15) is 5.82 Å². The highest BCUT2D eigenvalue weighted by molar-refractivity contribution is 7.90. The van der Waals surface area contributed by atoms with Gasteiger partial charge in [0.15, 0.2) is 5.78 Å². The number of sulfonamides is 1. The van der Waals surface area contributed by atoms with E-state index in [1.54, 1.807) is 18.2 Å². The standard InChI is InChI=1S/C36H47Cl2FN4O5S/c37-28-10-9-11-29(38)33(28)34(41)27(35(44)23-12-13-23)22-48-32-20-26-18-25(32)21-43(26)31-15-14-24(19-30(31)39)36(45)42-49(46,47)17-8-6-4-2-1-3-5-7-16-40/h9-11,14-15,19,23,25-26,32H,1-8,12-13,16-18,20-22,40-41H2,(H,42,45)/t25-,26-,32?/m0/s1. The van der Waals surface area contributed by atoms with Gasteiger partial charge in [0.2, 0.25) is 10.0 Å². The first-order chi connectivity index (χ1) is 23.5. The zero-order valence-corrected chi connectivity index (χ0v) is 30.1. The third-order valence-electron chi connectivity index (χ3n) is 9.86. The Morgan fingerprint density at radius 2 is 1.61 bits per heavy atom. The number of benzene rings is 2. The van der Waals surface area contributed by atoms with Crippen LogP contribution in [0, 0.1) is 17.7 Å². The third kappa shape index (κ3) is 9.76. The van der Waals surface area contributed by atoms with E-state index in [1.165, 1.54) is 12.1 Å². The average Bonchev–Trinajstić information content (AvgIpc) is 3.73. The Labute approximate surface area is 298 Å². The molecule has 3 atom stereocenters. The number of carbonyl (C=O) groups excluding carboxylic acids is 2. The number of fused-ring (bicyclic) bond motifs is 2. The van der Waals surface area contributed by atoms with Gasteiger partial charge < -0.3 is 21.1 Å². The van der Waals surface area contributed by atoms with Crippen molar-refractivity contribution in [3.05, 3.63) is 69.0 Å². The molecule has 13 heteroatoms. The van der Waals surface area contributed by atoms with Gasteiger partial charge in [0, 0.05) is 41.1 Å². The summed E-state index contributed by atoms with van der Waals surface area (Å²) in [5.41, 5.74) is 13.3. The molecular weight excluding hydrogens is 690 g/mol. The first-order valence-corrected chi connectivity index (χ1v) is 19.8. The van der Waals surface area contributed by atoms with Crippen molar-refractivity contribution in [2.45, 2.75) is 89.2 Å². The summed E-state index contributed by atoms with van der Waals surface area (Å²) < 4.78 is 48.8. The molecule has 49 heavy (non-hydrogen) atoms. The van der Waals surface area contributed by atoms with Gasteiger partial charge in [-0.1, -0.05) is 67.8 Å². The molecule has 2 aromatic carbocycles. The molecule has 2 bridgehead atoms. The first kappa shape index (κ1) is 37.6. The molecule has 0 aromatic heterocycles. The minimum atomic E-state index is -3.84. The van der Waals surface area contributed by atoms with Gasteiger partial charge in [0.05, 0.1) is 39.9 Å². The van der Waals surface area contributed by atoms with E-state index in [-0.39, 0.29) is 53.4 Å². The van der Waals surface area contributed by atoms with Gasteiger partial charge in [-0.15, -0.1) is 0 Å². The molecule has 3 aliphatic rings. The summed E-state index contributed by atoms with van der Waals surface area (Å²) >= 11 is 12.8. The van der Waals surface area contributed by atoms with Crippen LogP contribution < -0.4 is 21.1 Å². The molecule has 9 nitrogen and oxygen atoms in total. The van der Waals surface area contributed by atoms with Crippen LogP contribution in [0.5, 0.6) is 0 Å². The maximum atomic E-state index is 15.4. The van der Waals surface area contributed by atoms with E-state index in [9.17, 15) is 18.0 Å². The summed E-state index contributed by atoms with van der Waals surface area (Å²) in [5.74, 6) is -1.60. The van der Waals surface area contributed by atoms with E-state index in [1.807, 2.05) is 4.90 Å². The maximum Gasteiger partial charge on any atom is 0.264 e. The second kappa shape index (κ2) is 17.0. The summed E-state index contributed by atoms with van der Waals surface area (Å²) in [5, 5.41) is 0.722. The first-order valence-electron chi connectivity index (χ1n) is 17.4. The number of halogens is 3. The second-order valence-electron chi connectivity index (χ2n) is 13.5. The van der Waals surface area contributed by atoms with E-state index in [2.05, 4.69) is 4.72 Å². The van der Waals surface area contributed by atoms with E-state index < -0.39 is 21.7 Å². The number of hydrogen-bond acceptors (Lipinski definition) is 8. The van der Waals surface area contributed by atoms with Crippen molar-refractivity contribution in [3.8, 4) is 0 Å². The minimum Gasteiger partial charge on any atom is -0.398 e. The molecule has 2 saturated carbocycles. The van der Waals surface area contributed by atoms with Crippen LogP contribution in [0.2, 0.25) is 10.0 Å². The number of Topliss-reactive ketones (excluding diaryl/α,β-unsaturated/α-hetero) is 1. The molecule has 0 spiro atoms. The number of piperidine rings is 1. The van der Waals surface area contributed by atoms with Crippen LogP contribution in [-0.2, 0) is 19.6 Å². The highest BCUT2D eigenvalue weighted by Crippen LogP contribution is 2.43. The highest BCUT2D eigenvalue weighted by atomic mass is 35.5. The van der Waals surface area contributed by atoms with Crippen molar-refractivity contribution in [1.29, 1.82) is 0 Å². The summed E-state index contributed by atoms with van der Waals surface area (Å²) in [6.07, 6.45) is 10.5. The SMILES string of the molecule is NCCCCCCCCCCS(=O)(=O)NC(=O)c1ccc(N2C[C@@H]3C[C@H]2CC3OCC(C(=O)C2CC2)=C(N)c2c(Cl)cccc2Cl)c(F)c1. The van der Waals surface area contributed by atoms with Crippen LogP contribution in [0.1, 0.15) is 93.0 Å². The fourth-order valence-electron chi connectivity index (χ4n) is 7.00. The van der Waals surface area contributed by atoms with Crippen LogP contribution >= 0.6 is 23.2 Å². The van der Waals surface area contributed by atoms with E-state index in [0.717, 1.165) is 70.3 Å². The van der Waals surface area contributed by atoms with Crippen LogP contribution in [0.4, 0.5) is 10.1 Å². The zero-order valence-electron chi connectivity index (χ0n) is 27.8. The molecule has 2 aromatic rings. The number of carbonyl (C=O) groups is 2. The van der Waals surface area contributed by atoms with Gasteiger partial charge in [0.25, 0.3) is 5.91 Å². The molecule has 0 radical (unpaired) electrons. The van der Waals surface area contributed by atoms with Gasteiger partial charge >= 0.3 is 0 Å². The summed E-state index contributed by atoms with van der Waals surface area (Å²) in [6.45, 7) is 1.29. The quantitative estimate of drug-likeness (QED) is 0.108. The maximum absolute atomic E-state index is 15.4. The summed E-state index contributed by atoms with van der Waals surface area (Å²) in [7, 11) is -3.84. The Morgan fingerprint density at radius 1 is 0.959 bits per heavy atom. The fourth-order valence-corrected chi connectivity index (χ4v) is 8.69. The summed E-state index contributed by atoms with van der Waals surface area (Å²) in [4.78, 5) is 27.9. The van der Waals surface area contributed by atoms with Crippen molar-refractivity contribution in [1.82, 2.24) is 4.72 Å². The largest absolute Gasteiger partial charge is 0.398 e. The molecular formula is C36H47Cl2FN4O5S. The van der Waals surface area contributed by atoms with Crippen molar-refractivity contribution < 1.29 is 27.1 Å². The predicted octanol–water partition coefficient (Wildman–Crippen LogP) is 6.60. The van der Waals surface area contributed by atoms with Gasteiger partial charge in [-0.3, -0.25) is 9.59 Å². The molecule has 268 valence electrons. The average molecular weight is 738 g/mol. The number of nitrogens with two attached hydrogens (primary N) is 2. The number of ether oxygens (including phenoxy) is 1. The lowest BCUT2D eigenvalue weighted by molar-refractivity contribution is -0.117. The zero-order chi connectivity index (χ0) is 35.1. The Kier molecular flexibility index (Phi) is 13.0. The van der Waals surface area contributed by atoms with Gasteiger partial charge in [-0.2, -0.15) is 0 Å². The van der Waals surface area contributed by atoms with Crippen LogP contribution in [0.3, 0.4) is 0 Å². The number of nitrogens with zero attached hydrogens (tertiary/aromatic N) is 1. The minimum absolute atomic E-state index is 0.0115. The molecule has 1 unspecified atom stereocenters. The monoisotopic (exact) mass is 736 g/mol. The third-order valence-corrected chi connectivity index (χ3v) is 11.8. The molecule has 1 aliphatic heterocycles. The lowest BCUT2D eigenvalue weighted by Crippen LogP contribution is -2.39. The molecule has 5 N–H and O–H groups in total. The molecule has 1 heterocycles. The molecule has 1 saturated heterocycles. The molecule has 2 aliphatic carbocycles. The lowest BCUT2D eigenvalue weighted by Gasteiger charge is -2.33. The smallest absolute Gasteiger partial charge is 0.264 e. The number of nitrogens with one attached hydrogen (secondary N) is 1. The Morgan fingerprint density at radius 3 is 2.20 bits per heavy atom. The predicted molar refractivity (Wildman–Crippen MR) is 193 cm³/mol. The Hall–Kier alpha value is -2.70. The normalized spacial score (nSPS) is 20.8. The van der Waals surface area contributed by atoms with Crippen LogP contribution in [0.25, 0.3) is 5.70 Å². The fraction of sp³-hybridized carbons (Fsp3) is 0.556. The van der Waals surface area contributed by atoms with Crippen LogP contribution in [-0.4, -0.2) is 57.7 Å². The van der Waals surface area contributed by atoms with Crippen molar-refractivity contribution in [3.63, 3.8) is 0 Å². The number of anilines is 1. The van der Waals surface area contributed by atoms with Gasteiger partial charge in [-0.25, -0.2) is 17.5 Å². The van der Waals surface area contributed by atoms with E-state index in [0.29, 0.717) is 52.8 Å². The topological polar surface area (TPSA) is 145 Å². The van der Waals surface area contributed by atoms with E-state index >= 15 is 4.39 Å². The molecule has 5 rings (SSSR count). The van der Waals surface area contributed by atoms with Crippen molar-refractivity contribution in [2.75, 3.05) is 30.3 Å². The molecule has 1 amide bonds. The number of ketones is 1. The second-order valence-corrected chi connectivity index (χ2v) is 16.2. The van der Waals surface area contributed by atoms with Crippen LogP contribution in [0.15, 0.2) is 42.0 Å².